The molecule has 2 aromatic carbocycles. The Morgan fingerprint density at radius 3 is 2.41 bits per heavy atom. The third-order valence-electron chi connectivity index (χ3n) is 6.31. The zero-order chi connectivity index (χ0) is 28.2. The predicted molar refractivity (Wildman–Crippen MR) is 150 cm³/mol. The van der Waals surface area contributed by atoms with Gasteiger partial charge in [-0.25, -0.2) is 4.98 Å². The molecular formula is C26H35N7O5S. The fourth-order valence-electron chi connectivity index (χ4n) is 4.24. The van der Waals surface area contributed by atoms with E-state index in [1.807, 2.05) is 31.2 Å². The average Bonchev–Trinajstić information content (AvgIpc) is 2.87. The molecule has 1 aromatic heterocycles. The van der Waals surface area contributed by atoms with E-state index < -0.39 is 10.3 Å². The fourth-order valence-corrected chi connectivity index (χ4v) is 4.75. The summed E-state index contributed by atoms with van der Waals surface area (Å²) in [7, 11) is -1.30. The summed E-state index contributed by atoms with van der Waals surface area (Å²) >= 11 is 0. The molecule has 6 N–H and O–H groups in total. The molecule has 1 aliphatic rings. The molecule has 210 valence electrons. The maximum Gasteiger partial charge on any atom is 0.384 e. The predicted octanol–water partition coefficient (Wildman–Crippen LogP) is 1.90. The minimum atomic E-state index is -4.09. The van der Waals surface area contributed by atoms with Crippen molar-refractivity contribution in [1.82, 2.24) is 19.2 Å². The van der Waals surface area contributed by atoms with Crippen LogP contribution in [0.2, 0.25) is 0 Å². The summed E-state index contributed by atoms with van der Waals surface area (Å²) in [5, 5.41) is 0. The van der Waals surface area contributed by atoms with Crippen molar-refractivity contribution in [3.8, 4) is 22.6 Å². The van der Waals surface area contributed by atoms with E-state index in [-0.39, 0.29) is 17.5 Å². The first-order valence-electron chi connectivity index (χ1n) is 12.5. The van der Waals surface area contributed by atoms with E-state index >= 15 is 0 Å². The summed E-state index contributed by atoms with van der Waals surface area (Å²) in [5.74, 6) is 0.836. The van der Waals surface area contributed by atoms with Crippen LogP contribution in [0.25, 0.3) is 11.1 Å². The van der Waals surface area contributed by atoms with Crippen LogP contribution >= 0.6 is 0 Å². The van der Waals surface area contributed by atoms with Gasteiger partial charge in [-0.1, -0.05) is 12.1 Å². The van der Waals surface area contributed by atoms with Crippen molar-refractivity contribution in [3.63, 3.8) is 0 Å². The van der Waals surface area contributed by atoms with E-state index in [9.17, 15) is 8.42 Å². The molecule has 13 heteroatoms. The number of nitrogens with two attached hydrogens (primary N) is 3. The number of rotatable bonds is 10. The number of hydrogen-bond acceptors (Lipinski definition) is 11. The van der Waals surface area contributed by atoms with Crippen molar-refractivity contribution in [1.29, 1.82) is 0 Å². The molecule has 0 bridgehead atoms. The number of hydrogen-bond donors (Lipinski definition) is 3. The lowest BCUT2D eigenvalue weighted by Gasteiger charge is -2.27. The third kappa shape index (κ3) is 6.87. The van der Waals surface area contributed by atoms with Gasteiger partial charge < -0.3 is 30.9 Å². The average molecular weight is 558 g/mol. The van der Waals surface area contributed by atoms with Crippen LogP contribution in [0.5, 0.6) is 11.5 Å². The quantitative estimate of drug-likeness (QED) is 0.311. The molecular weight excluding hydrogens is 522 g/mol. The van der Waals surface area contributed by atoms with Gasteiger partial charge in [0.2, 0.25) is 5.95 Å². The molecule has 0 atom stereocenters. The molecule has 2 heterocycles. The standard InChI is InChI=1S/C26H35N7O5S/c1-4-37-22-12-17(11-20-15-30-26(29)31-25(20)28)13-23(38-39(34,35)32(2)3)24(22)18-5-6-19(21(27)14-18)16-33-7-9-36-10-8-33/h5-6,12-15H,4,7-11,16,27H2,1-3H3,(H4,28,29,30,31). The Bertz CT molecular complexity index is 1430. The zero-order valence-corrected chi connectivity index (χ0v) is 23.2. The van der Waals surface area contributed by atoms with E-state index in [2.05, 4.69) is 14.9 Å². The number of nitrogen functional groups attached to an aromatic ring is 3. The Morgan fingerprint density at radius 1 is 1.05 bits per heavy atom. The van der Waals surface area contributed by atoms with Gasteiger partial charge in [0.25, 0.3) is 0 Å². The maximum absolute atomic E-state index is 12.8. The highest BCUT2D eigenvalue weighted by Crippen LogP contribution is 2.42. The molecule has 0 saturated carbocycles. The number of anilines is 3. The Labute approximate surface area is 228 Å². The van der Waals surface area contributed by atoms with E-state index in [0.29, 0.717) is 66.5 Å². The number of aromatic nitrogens is 2. The maximum atomic E-state index is 12.8. The lowest BCUT2D eigenvalue weighted by atomic mass is 9.97. The second-order valence-corrected chi connectivity index (χ2v) is 11.1. The van der Waals surface area contributed by atoms with E-state index in [1.165, 1.54) is 20.3 Å². The van der Waals surface area contributed by atoms with Crippen LogP contribution < -0.4 is 26.1 Å². The molecule has 4 rings (SSSR count). The molecule has 39 heavy (non-hydrogen) atoms. The molecule has 3 aromatic rings. The molecule has 0 radical (unpaired) electrons. The lowest BCUT2D eigenvalue weighted by molar-refractivity contribution is 0.0343. The molecule has 12 nitrogen and oxygen atoms in total. The number of morpholine rings is 1. The summed E-state index contributed by atoms with van der Waals surface area (Å²) in [4.78, 5) is 10.3. The molecule has 1 saturated heterocycles. The van der Waals surface area contributed by atoms with Gasteiger partial charge in [0.05, 0.1) is 25.4 Å². The fraction of sp³-hybridized carbons (Fsp3) is 0.385. The van der Waals surface area contributed by atoms with Crippen LogP contribution in [0.3, 0.4) is 0 Å². The van der Waals surface area contributed by atoms with Crippen molar-refractivity contribution in [3.05, 3.63) is 53.2 Å². The molecule has 0 unspecified atom stereocenters. The van der Waals surface area contributed by atoms with Crippen LogP contribution in [0.4, 0.5) is 17.5 Å². The minimum absolute atomic E-state index is 0.0670. The van der Waals surface area contributed by atoms with Crippen LogP contribution in [0.1, 0.15) is 23.6 Å². The zero-order valence-electron chi connectivity index (χ0n) is 22.4. The highest BCUT2D eigenvalue weighted by Gasteiger charge is 2.24. The molecule has 0 aliphatic carbocycles. The Balaban J connectivity index is 1.79. The van der Waals surface area contributed by atoms with Crippen molar-refractivity contribution < 1.29 is 22.1 Å². The van der Waals surface area contributed by atoms with Gasteiger partial charge in [0.15, 0.2) is 5.75 Å². The SMILES string of the molecule is CCOc1cc(Cc2cnc(N)nc2N)cc(OS(=O)(=O)N(C)C)c1-c1ccc(CN2CCOCC2)c(N)c1. The van der Waals surface area contributed by atoms with Gasteiger partial charge in [-0.2, -0.15) is 17.7 Å². The van der Waals surface area contributed by atoms with Gasteiger partial charge in [-0.15, -0.1) is 0 Å². The summed E-state index contributed by atoms with van der Waals surface area (Å²) in [6.07, 6.45) is 1.84. The highest BCUT2D eigenvalue weighted by molar-refractivity contribution is 7.84. The summed E-state index contributed by atoms with van der Waals surface area (Å²) < 4.78 is 43.7. The Kier molecular flexibility index (Phi) is 8.75. The minimum Gasteiger partial charge on any atom is -0.493 e. The van der Waals surface area contributed by atoms with E-state index in [1.54, 1.807) is 6.07 Å². The summed E-state index contributed by atoms with van der Waals surface area (Å²) in [6, 6.07) is 9.12. The Morgan fingerprint density at radius 2 is 1.77 bits per heavy atom. The number of ether oxygens (including phenoxy) is 2. The van der Waals surface area contributed by atoms with E-state index in [0.717, 1.165) is 23.0 Å². The van der Waals surface area contributed by atoms with Crippen LogP contribution in [-0.4, -0.2) is 74.6 Å². The summed E-state index contributed by atoms with van der Waals surface area (Å²) in [5.41, 5.74) is 22.1. The van der Waals surface area contributed by atoms with Gasteiger partial charge in [0, 0.05) is 57.6 Å². The lowest BCUT2D eigenvalue weighted by Crippen LogP contribution is -2.35. The molecule has 0 spiro atoms. The topological polar surface area (TPSA) is 172 Å². The molecule has 1 fully saturated rings. The van der Waals surface area contributed by atoms with Crippen LogP contribution in [0, 0.1) is 0 Å². The highest BCUT2D eigenvalue weighted by atomic mass is 32.2. The number of benzene rings is 2. The van der Waals surface area contributed by atoms with Crippen molar-refractivity contribution >= 4 is 27.8 Å². The van der Waals surface area contributed by atoms with Crippen molar-refractivity contribution in [2.75, 3.05) is 64.2 Å². The molecule has 1 aliphatic heterocycles. The monoisotopic (exact) mass is 557 g/mol. The third-order valence-corrected chi connectivity index (χ3v) is 7.60. The second kappa shape index (κ2) is 12.0. The largest absolute Gasteiger partial charge is 0.493 e. The molecule has 0 amide bonds. The first-order chi connectivity index (χ1) is 18.6. The van der Waals surface area contributed by atoms with Gasteiger partial charge >= 0.3 is 10.3 Å². The first kappa shape index (κ1) is 28.4. The van der Waals surface area contributed by atoms with Gasteiger partial charge in [-0.3, -0.25) is 4.90 Å². The van der Waals surface area contributed by atoms with Gasteiger partial charge in [0.1, 0.15) is 11.6 Å². The summed E-state index contributed by atoms with van der Waals surface area (Å²) in [6.45, 7) is 5.93. The van der Waals surface area contributed by atoms with Crippen LogP contribution in [-0.2, 0) is 28.0 Å². The number of nitrogens with zero attached hydrogens (tertiary/aromatic N) is 4. The van der Waals surface area contributed by atoms with Crippen molar-refractivity contribution in [2.24, 2.45) is 0 Å². The second-order valence-electron chi connectivity index (χ2n) is 9.34. The first-order valence-corrected chi connectivity index (χ1v) is 13.9. The Hall–Kier alpha value is -3.65. The normalized spacial score (nSPS) is 14.5. The van der Waals surface area contributed by atoms with E-state index in [4.69, 9.17) is 30.9 Å². The van der Waals surface area contributed by atoms with Crippen molar-refractivity contribution in [2.45, 2.75) is 19.9 Å². The van der Waals surface area contributed by atoms with Crippen LogP contribution in [0.15, 0.2) is 36.5 Å². The van der Waals surface area contributed by atoms with Gasteiger partial charge in [-0.05, 0) is 41.8 Å². The smallest absolute Gasteiger partial charge is 0.384 e.